The fourth-order valence-corrected chi connectivity index (χ4v) is 6.96. The minimum Gasteiger partial charge on any atom is -0.464 e. The first kappa shape index (κ1) is 52.4. The number of nitrogens with one attached hydrogen (secondary N) is 1. The Kier molecular flexibility index (Phi) is 34.8. The molecular weight excluding hydrogens is 671 g/mol. The molecule has 0 radical (unpaired) electrons. The summed E-state index contributed by atoms with van der Waals surface area (Å²) in [6.45, 7) is 16.4. The van der Waals surface area contributed by atoms with Crippen molar-refractivity contribution in [2.24, 2.45) is 5.41 Å². The van der Waals surface area contributed by atoms with Gasteiger partial charge in [0.05, 0.1) is 17.6 Å². The van der Waals surface area contributed by atoms with E-state index >= 15 is 0 Å². The lowest BCUT2D eigenvalue weighted by Crippen LogP contribution is -2.49. The largest absolute Gasteiger partial charge is 0.464 e. The Hall–Kier alpha value is -1.56. The highest BCUT2D eigenvalue weighted by Gasteiger charge is 2.45. The number of unbranched alkanes of at least 4 members (excludes halogenated alkanes) is 29. The van der Waals surface area contributed by atoms with Gasteiger partial charge in [0.25, 0.3) is 0 Å². The van der Waals surface area contributed by atoms with Crippen LogP contribution in [0.2, 0.25) is 0 Å². The molecule has 1 unspecified atom stereocenters. The standard InChI is InChI=1S/C48H93NO5/c1-9-11-13-15-17-19-21-23-25-27-29-31-33-35-37-39-41-53-45(50)44(42-54-46(51)47(4,5)48(6,7)52-8)49-43(3)40-38-36-34-32-30-28-26-24-22-20-18-16-14-12-10-2/h44,49H,3,9-42H2,1-2,4-8H3. The average Bonchev–Trinajstić information content (AvgIpc) is 3.15. The predicted molar refractivity (Wildman–Crippen MR) is 232 cm³/mol. The van der Waals surface area contributed by atoms with Gasteiger partial charge in [-0.15, -0.1) is 0 Å². The molecule has 0 spiro atoms. The summed E-state index contributed by atoms with van der Waals surface area (Å²) in [5.74, 6) is -0.787. The van der Waals surface area contributed by atoms with Crippen molar-refractivity contribution in [3.63, 3.8) is 0 Å². The molecule has 6 nitrogen and oxygen atoms in total. The minimum atomic E-state index is -0.894. The summed E-state index contributed by atoms with van der Waals surface area (Å²) in [6, 6.07) is -0.777. The first-order chi connectivity index (χ1) is 26.0. The molecule has 0 fully saturated rings. The van der Waals surface area contributed by atoms with Crippen LogP contribution in [0.5, 0.6) is 0 Å². The molecule has 0 aromatic rings. The Bertz CT molecular complexity index is 884. The van der Waals surface area contributed by atoms with Gasteiger partial charge in [-0.25, -0.2) is 4.79 Å². The highest BCUT2D eigenvalue weighted by atomic mass is 16.6. The van der Waals surface area contributed by atoms with Crippen molar-refractivity contribution in [2.75, 3.05) is 20.3 Å². The summed E-state index contributed by atoms with van der Waals surface area (Å²) in [7, 11) is 1.59. The number of methoxy groups -OCH3 is 1. The fraction of sp³-hybridized carbons (Fsp3) is 0.917. The molecule has 0 saturated carbocycles. The predicted octanol–water partition coefficient (Wildman–Crippen LogP) is 14.5. The number of carbonyl (C=O) groups is 2. The van der Waals surface area contributed by atoms with E-state index in [1.807, 2.05) is 27.7 Å². The van der Waals surface area contributed by atoms with Crippen LogP contribution in [0.3, 0.4) is 0 Å². The Morgan fingerprint density at radius 1 is 0.519 bits per heavy atom. The van der Waals surface area contributed by atoms with Gasteiger partial charge in [-0.05, 0) is 47.0 Å². The maximum atomic E-state index is 13.2. The smallest absolute Gasteiger partial charge is 0.332 e. The number of hydrogen-bond acceptors (Lipinski definition) is 6. The van der Waals surface area contributed by atoms with Crippen LogP contribution in [-0.2, 0) is 23.8 Å². The van der Waals surface area contributed by atoms with Crippen LogP contribution in [0.1, 0.15) is 247 Å². The molecule has 6 heteroatoms. The van der Waals surface area contributed by atoms with Crippen molar-refractivity contribution in [2.45, 2.75) is 259 Å². The zero-order valence-corrected chi connectivity index (χ0v) is 37.4. The van der Waals surface area contributed by atoms with Crippen molar-refractivity contribution >= 4 is 11.9 Å². The molecule has 0 heterocycles. The zero-order valence-electron chi connectivity index (χ0n) is 37.4. The molecule has 0 bridgehead atoms. The van der Waals surface area contributed by atoms with Crippen LogP contribution in [0, 0.1) is 5.41 Å². The molecule has 0 amide bonds. The van der Waals surface area contributed by atoms with Gasteiger partial charge in [-0.1, -0.05) is 207 Å². The van der Waals surface area contributed by atoms with Crippen molar-refractivity contribution in [3.8, 4) is 0 Å². The lowest BCUT2D eigenvalue weighted by atomic mass is 9.77. The summed E-state index contributed by atoms with van der Waals surface area (Å²) in [5.41, 5.74) is -0.825. The number of esters is 2. The average molecular weight is 764 g/mol. The van der Waals surface area contributed by atoms with Gasteiger partial charge in [0.2, 0.25) is 0 Å². The first-order valence-electron chi connectivity index (χ1n) is 23.4. The van der Waals surface area contributed by atoms with E-state index in [9.17, 15) is 9.59 Å². The summed E-state index contributed by atoms with van der Waals surface area (Å²) in [4.78, 5) is 26.4. The van der Waals surface area contributed by atoms with Crippen LogP contribution in [0.25, 0.3) is 0 Å². The van der Waals surface area contributed by atoms with Crippen LogP contribution in [0.4, 0.5) is 0 Å². The molecular formula is C48H93NO5. The summed E-state index contributed by atoms with van der Waals surface area (Å²) >= 11 is 0. The topological polar surface area (TPSA) is 73.9 Å². The van der Waals surface area contributed by atoms with Gasteiger partial charge in [-0.2, -0.15) is 0 Å². The normalized spacial score (nSPS) is 12.5. The SMILES string of the molecule is C=C(CCCCCCCCCCCCCCCCC)NC(COC(=O)C(C)(C)C(C)(C)OC)C(=O)OCCCCCCCCCCCCCCCCCC. The van der Waals surface area contributed by atoms with E-state index in [-0.39, 0.29) is 12.6 Å². The van der Waals surface area contributed by atoms with Gasteiger partial charge in [-0.3, -0.25) is 4.79 Å². The minimum absolute atomic E-state index is 0.0995. The molecule has 0 aliphatic rings. The zero-order chi connectivity index (χ0) is 40.2. The first-order valence-corrected chi connectivity index (χ1v) is 23.4. The van der Waals surface area contributed by atoms with E-state index in [1.165, 1.54) is 173 Å². The van der Waals surface area contributed by atoms with E-state index in [2.05, 4.69) is 25.7 Å². The van der Waals surface area contributed by atoms with E-state index in [0.717, 1.165) is 37.8 Å². The third kappa shape index (κ3) is 28.8. The highest BCUT2D eigenvalue weighted by Crippen LogP contribution is 2.34. The van der Waals surface area contributed by atoms with E-state index < -0.39 is 23.0 Å². The molecule has 0 aromatic heterocycles. The van der Waals surface area contributed by atoms with Gasteiger partial charge >= 0.3 is 11.9 Å². The fourth-order valence-electron chi connectivity index (χ4n) is 6.96. The monoisotopic (exact) mass is 764 g/mol. The van der Waals surface area contributed by atoms with Crippen LogP contribution >= 0.6 is 0 Å². The second kappa shape index (κ2) is 35.8. The third-order valence-corrected chi connectivity index (χ3v) is 11.9. The van der Waals surface area contributed by atoms with Crippen molar-refractivity contribution in [1.82, 2.24) is 5.32 Å². The maximum absolute atomic E-state index is 13.2. The molecule has 54 heavy (non-hydrogen) atoms. The lowest BCUT2D eigenvalue weighted by molar-refractivity contribution is -0.173. The molecule has 1 N–H and O–H groups in total. The van der Waals surface area contributed by atoms with Crippen LogP contribution in [-0.4, -0.2) is 43.9 Å². The Labute approximate surface area is 336 Å². The van der Waals surface area contributed by atoms with E-state index in [4.69, 9.17) is 14.2 Å². The number of hydrogen-bond donors (Lipinski definition) is 1. The van der Waals surface area contributed by atoms with Gasteiger partial charge in [0, 0.05) is 12.8 Å². The molecule has 0 aliphatic carbocycles. The van der Waals surface area contributed by atoms with Gasteiger partial charge in [0.15, 0.2) is 6.04 Å². The van der Waals surface area contributed by atoms with Crippen molar-refractivity contribution in [3.05, 3.63) is 12.3 Å². The quantitative estimate of drug-likeness (QED) is 0.0494. The molecule has 0 saturated heterocycles. The van der Waals surface area contributed by atoms with Crippen LogP contribution < -0.4 is 5.32 Å². The molecule has 0 aromatic carbocycles. The summed E-state index contributed by atoms with van der Waals surface area (Å²) in [5, 5.41) is 3.26. The Morgan fingerprint density at radius 3 is 1.20 bits per heavy atom. The highest BCUT2D eigenvalue weighted by molar-refractivity contribution is 5.79. The molecule has 0 rings (SSSR count). The number of allylic oxidation sites excluding steroid dienone is 1. The van der Waals surface area contributed by atoms with Gasteiger partial charge in [0.1, 0.15) is 6.61 Å². The summed E-state index contributed by atoms with van der Waals surface area (Å²) < 4.78 is 17.0. The van der Waals surface area contributed by atoms with Crippen molar-refractivity contribution in [1.29, 1.82) is 0 Å². The Balaban J connectivity index is 4.38. The van der Waals surface area contributed by atoms with Gasteiger partial charge < -0.3 is 19.5 Å². The number of ether oxygens (including phenoxy) is 3. The maximum Gasteiger partial charge on any atom is 0.332 e. The summed E-state index contributed by atoms with van der Waals surface area (Å²) in [6.07, 6.45) is 41.6. The van der Waals surface area contributed by atoms with E-state index in [1.54, 1.807) is 7.11 Å². The Morgan fingerprint density at radius 2 is 0.852 bits per heavy atom. The van der Waals surface area contributed by atoms with E-state index in [0.29, 0.717) is 6.61 Å². The lowest BCUT2D eigenvalue weighted by Gasteiger charge is -2.38. The van der Waals surface area contributed by atoms with Crippen LogP contribution in [0.15, 0.2) is 12.3 Å². The molecule has 0 aliphatic heterocycles. The third-order valence-electron chi connectivity index (χ3n) is 11.9. The number of carbonyl (C=O) groups excluding carboxylic acids is 2. The molecule has 1 atom stereocenters. The molecule has 320 valence electrons. The second-order valence-corrected chi connectivity index (χ2v) is 17.4. The number of rotatable bonds is 41. The second-order valence-electron chi connectivity index (χ2n) is 17.4. The van der Waals surface area contributed by atoms with Crippen molar-refractivity contribution < 1.29 is 23.8 Å².